The minimum absolute atomic E-state index is 0.105. The lowest BCUT2D eigenvalue weighted by Gasteiger charge is -2.64. The molecule has 0 aromatic carbocycles. The fourth-order valence-electron chi connectivity index (χ4n) is 12.5. The Morgan fingerprint density at radius 2 is 1.47 bits per heavy atom. The molecule has 7 fully saturated rings. The van der Waals surface area contributed by atoms with Gasteiger partial charge in [-0.3, -0.25) is 4.79 Å². The largest absolute Gasteiger partial charge is 0.432 e. The minimum Gasteiger partial charge on any atom is -0.432 e. The summed E-state index contributed by atoms with van der Waals surface area (Å²) >= 11 is 0. The van der Waals surface area contributed by atoms with Crippen LogP contribution in [0.3, 0.4) is 0 Å². The first-order chi connectivity index (χ1) is 27.4. The molecule has 3 aliphatic heterocycles. The van der Waals surface area contributed by atoms with E-state index in [-0.39, 0.29) is 41.8 Å². The van der Waals surface area contributed by atoms with Gasteiger partial charge in [0.05, 0.1) is 49.1 Å². The third-order valence-electron chi connectivity index (χ3n) is 15.2. The van der Waals surface area contributed by atoms with Crippen molar-refractivity contribution < 1.29 is 83.9 Å². The number of rotatable bonds is 11. The van der Waals surface area contributed by atoms with Gasteiger partial charge in [0.15, 0.2) is 12.6 Å². The Balaban J connectivity index is 1.06. The van der Waals surface area contributed by atoms with Crippen LogP contribution in [0.2, 0.25) is 0 Å². The van der Waals surface area contributed by atoms with E-state index in [4.69, 9.17) is 33.2 Å². The van der Waals surface area contributed by atoms with Crippen molar-refractivity contribution in [2.75, 3.05) is 19.8 Å². The number of ether oxygens (including phenoxy) is 7. The van der Waals surface area contributed by atoms with E-state index in [0.29, 0.717) is 32.1 Å². The van der Waals surface area contributed by atoms with E-state index in [9.17, 15) is 50.8 Å². The van der Waals surface area contributed by atoms with Gasteiger partial charge in [-0.25, -0.2) is 0 Å². The van der Waals surface area contributed by atoms with Crippen molar-refractivity contribution in [3.05, 3.63) is 12.2 Å². The van der Waals surface area contributed by atoms with Crippen LogP contribution < -0.4 is 0 Å². The highest BCUT2D eigenvalue weighted by molar-refractivity contribution is 5.77. The Labute approximate surface area is 339 Å². The predicted octanol–water partition coefficient (Wildman–Crippen LogP) is -0.476. The molecule has 1 spiro atoms. The second-order valence-electron chi connectivity index (χ2n) is 19.1. The number of fused-ring (bicyclic) bond motifs is 3. The summed E-state index contributed by atoms with van der Waals surface area (Å²) in [5.74, 6) is -0.513. The minimum atomic E-state index is -1.81. The Hall–Kier alpha value is -1.39. The molecule has 0 unspecified atom stereocenters. The predicted molar refractivity (Wildman–Crippen MR) is 199 cm³/mol. The summed E-state index contributed by atoms with van der Waals surface area (Å²) < 4.78 is 41.5. The van der Waals surface area contributed by atoms with Crippen molar-refractivity contribution in [2.45, 2.75) is 190 Å². The van der Waals surface area contributed by atoms with Crippen LogP contribution in [0.5, 0.6) is 0 Å². The van der Waals surface area contributed by atoms with Crippen LogP contribution >= 0.6 is 0 Å². The van der Waals surface area contributed by atoms with Crippen LogP contribution in [0.4, 0.5) is 0 Å². The average molecular weight is 831 g/mol. The van der Waals surface area contributed by atoms with Crippen LogP contribution in [-0.2, 0) is 38.0 Å². The van der Waals surface area contributed by atoms with Crippen LogP contribution in [0.25, 0.3) is 0 Å². The first-order valence-corrected chi connectivity index (χ1v) is 21.1. The quantitative estimate of drug-likeness (QED) is 0.0724. The summed E-state index contributed by atoms with van der Waals surface area (Å²) in [6.45, 7) is 10.4. The van der Waals surface area contributed by atoms with Gasteiger partial charge in [0.2, 0.25) is 6.29 Å². The molecule has 3 heterocycles. The average Bonchev–Trinajstić information content (AvgIpc) is 3.38. The number of hydrogen-bond donors (Lipinski definition) is 9. The molecule has 332 valence electrons. The van der Waals surface area contributed by atoms with Gasteiger partial charge >= 0.3 is 5.97 Å². The van der Waals surface area contributed by atoms with Crippen molar-refractivity contribution in [3.63, 3.8) is 0 Å². The Morgan fingerprint density at radius 1 is 0.776 bits per heavy atom. The summed E-state index contributed by atoms with van der Waals surface area (Å²) in [5.41, 5.74) is -1.31. The van der Waals surface area contributed by atoms with Gasteiger partial charge in [-0.1, -0.05) is 19.9 Å². The fraction of sp³-hybridized carbons (Fsp3) is 0.927. The van der Waals surface area contributed by atoms with Crippen molar-refractivity contribution >= 4 is 5.97 Å². The van der Waals surface area contributed by atoms with Crippen LogP contribution in [0.1, 0.15) is 91.9 Å². The third kappa shape index (κ3) is 7.51. The number of carbonyl (C=O) groups is 1. The molecule has 7 rings (SSSR count). The Kier molecular flexibility index (Phi) is 12.9. The number of esters is 1. The number of carbonyl (C=O) groups excluding carboxylic acids is 1. The second-order valence-corrected chi connectivity index (χ2v) is 19.1. The summed E-state index contributed by atoms with van der Waals surface area (Å²) in [5, 5.41) is 95.6. The van der Waals surface area contributed by atoms with E-state index in [1.165, 1.54) is 0 Å². The summed E-state index contributed by atoms with van der Waals surface area (Å²) in [6, 6.07) is 0. The normalized spacial score (nSPS) is 51.9. The lowest BCUT2D eigenvalue weighted by Crippen LogP contribution is -2.65. The number of hydrogen-bond acceptors (Lipinski definition) is 17. The maximum atomic E-state index is 14.5. The molecule has 17 heteroatoms. The lowest BCUT2D eigenvalue weighted by atomic mass is 9.41. The van der Waals surface area contributed by atoms with Crippen molar-refractivity contribution in [2.24, 2.45) is 28.1 Å². The summed E-state index contributed by atoms with van der Waals surface area (Å²) in [4.78, 5) is 14.5. The highest BCUT2D eigenvalue weighted by atomic mass is 16.7. The molecule has 0 aromatic rings. The number of aliphatic hydroxyl groups excluding tert-OH is 9. The molecule has 4 saturated carbocycles. The molecule has 17 nitrogen and oxygen atoms in total. The molecule has 9 N–H and O–H groups in total. The van der Waals surface area contributed by atoms with Gasteiger partial charge in [0.1, 0.15) is 54.9 Å². The smallest absolute Gasteiger partial charge is 0.314 e. The van der Waals surface area contributed by atoms with E-state index in [2.05, 4.69) is 13.5 Å². The zero-order chi connectivity index (χ0) is 42.1. The number of aliphatic hydroxyl groups is 9. The van der Waals surface area contributed by atoms with Crippen molar-refractivity contribution in [1.82, 2.24) is 0 Å². The summed E-state index contributed by atoms with van der Waals surface area (Å²) in [7, 11) is 0. The van der Waals surface area contributed by atoms with Gasteiger partial charge in [-0.05, 0) is 100 Å². The SMILES string of the molecule is C=C1C[C@@]23CC[C@H]4[C@@](C)(CCC[C@@]4(C)C(=O)O[C@@H]4O[C@H](CO)[C@@H](O)[C@H](O[C@H]5O[C@H](CO)[C@@H](OC(C)C)[C@H](O)[C@H]5O)[C@H]4O)[C@@H]2CC[C@]1(O[C@@H]1O[C@H](CO)C[C@H](O)[C@H]1O)C3. The van der Waals surface area contributed by atoms with Gasteiger partial charge in [-0.2, -0.15) is 0 Å². The molecule has 20 atom stereocenters. The van der Waals surface area contributed by atoms with Gasteiger partial charge < -0.3 is 79.1 Å². The van der Waals surface area contributed by atoms with Gasteiger partial charge in [0.25, 0.3) is 0 Å². The fourth-order valence-corrected chi connectivity index (χ4v) is 12.5. The molecule has 58 heavy (non-hydrogen) atoms. The monoisotopic (exact) mass is 830 g/mol. The second kappa shape index (κ2) is 16.7. The zero-order valence-corrected chi connectivity index (χ0v) is 34.0. The Morgan fingerprint density at radius 3 is 2.14 bits per heavy atom. The molecular formula is C41H66O17. The molecule has 0 aromatic heterocycles. The van der Waals surface area contributed by atoms with Gasteiger partial charge in [-0.15, -0.1) is 0 Å². The molecule has 0 amide bonds. The topological polar surface area (TPSA) is 264 Å². The van der Waals surface area contributed by atoms with Crippen molar-refractivity contribution in [1.29, 1.82) is 0 Å². The van der Waals surface area contributed by atoms with E-state index >= 15 is 0 Å². The third-order valence-corrected chi connectivity index (χ3v) is 15.2. The molecule has 4 aliphatic carbocycles. The van der Waals surface area contributed by atoms with Crippen LogP contribution in [0, 0.1) is 28.1 Å². The van der Waals surface area contributed by atoms with E-state index in [1.54, 1.807) is 13.8 Å². The maximum absolute atomic E-state index is 14.5. The molecule has 2 bridgehead atoms. The van der Waals surface area contributed by atoms with Crippen LogP contribution in [-0.4, -0.2) is 169 Å². The molecule has 0 radical (unpaired) electrons. The van der Waals surface area contributed by atoms with Crippen LogP contribution in [0.15, 0.2) is 12.2 Å². The Bertz CT molecular complexity index is 1480. The highest BCUT2D eigenvalue weighted by Gasteiger charge is 2.69. The van der Waals surface area contributed by atoms with E-state index in [0.717, 1.165) is 31.3 Å². The first kappa shape index (κ1) is 44.7. The van der Waals surface area contributed by atoms with E-state index < -0.39 is 116 Å². The molecular weight excluding hydrogens is 764 g/mol. The van der Waals surface area contributed by atoms with E-state index in [1.807, 2.05) is 6.92 Å². The molecule has 3 saturated heterocycles. The zero-order valence-electron chi connectivity index (χ0n) is 34.0. The highest BCUT2D eigenvalue weighted by Crippen LogP contribution is 2.73. The van der Waals surface area contributed by atoms with Crippen molar-refractivity contribution in [3.8, 4) is 0 Å². The summed E-state index contributed by atoms with van der Waals surface area (Å²) in [6.07, 6.45) is -13.3. The first-order valence-electron chi connectivity index (χ1n) is 21.1. The lowest BCUT2D eigenvalue weighted by molar-refractivity contribution is -0.360. The maximum Gasteiger partial charge on any atom is 0.314 e. The standard InChI is InChI=1S/C41H66O17/c1-19(2)52-32-24(17-44)55-34(30(49)29(32)48)56-33-28(47)23(16-43)54-35(31(33)50)57-37(51)39(5)10-6-9-38(4)25(39)7-11-40-14-20(3)41(18-40,12-8-26(38)40)58-36-27(46)22(45)13-21(15-42)53-36/h19,21-36,42-50H,3,6-18H2,1-2,4-5H3/t21-,22-,23+,24+,25-,26-,27+,28+,29+,30+,31+,32+,33-,34+,35-,36-,38+,39+,40+,41-/m0/s1. The van der Waals surface area contributed by atoms with Gasteiger partial charge in [0, 0.05) is 6.42 Å². The molecule has 7 aliphatic rings.